The number of carboxylic acid groups (broad SMARTS) is 1. The number of hydrogen-bond acceptors (Lipinski definition) is 4. The van der Waals surface area contributed by atoms with E-state index in [1.807, 2.05) is 18.4 Å². The predicted molar refractivity (Wildman–Crippen MR) is 77.3 cm³/mol. The first-order valence-corrected chi connectivity index (χ1v) is 7.00. The summed E-state index contributed by atoms with van der Waals surface area (Å²) >= 11 is 7.50. The van der Waals surface area contributed by atoms with Crippen LogP contribution in [0.4, 0.5) is 5.82 Å². The lowest BCUT2D eigenvalue weighted by molar-refractivity contribution is 0.0697. The first-order valence-electron chi connectivity index (χ1n) is 5.74. The highest BCUT2D eigenvalue weighted by Gasteiger charge is 2.10. The average molecular weight is 297 g/mol. The Bertz CT molecular complexity index is 572. The fourth-order valence-corrected chi connectivity index (χ4v) is 2.77. The second-order valence-electron chi connectivity index (χ2n) is 4.20. The van der Waals surface area contributed by atoms with Crippen molar-refractivity contribution in [3.05, 3.63) is 45.2 Å². The van der Waals surface area contributed by atoms with Crippen molar-refractivity contribution >= 4 is 34.7 Å². The Morgan fingerprint density at radius 2 is 2.37 bits per heavy atom. The Morgan fingerprint density at radius 3 is 3.00 bits per heavy atom. The van der Waals surface area contributed by atoms with Gasteiger partial charge in [-0.05, 0) is 30.5 Å². The summed E-state index contributed by atoms with van der Waals surface area (Å²) in [5, 5.41) is 14.3. The molecule has 1 atom stereocenters. The molecular weight excluding hydrogens is 284 g/mol. The molecule has 2 N–H and O–H groups in total. The molecule has 4 nitrogen and oxygen atoms in total. The molecule has 0 amide bonds. The maximum Gasteiger partial charge on any atom is 0.335 e. The van der Waals surface area contributed by atoms with Crippen molar-refractivity contribution in [1.82, 2.24) is 4.98 Å². The topological polar surface area (TPSA) is 62.2 Å². The molecular formula is C13H13ClN2O2S. The number of rotatable bonds is 5. The number of nitrogens with zero attached hydrogens (tertiary/aromatic N) is 1. The number of halogens is 1. The summed E-state index contributed by atoms with van der Waals surface area (Å²) in [5.41, 5.74) is 0.130. The molecule has 6 heteroatoms. The van der Waals surface area contributed by atoms with E-state index in [0.29, 0.717) is 5.82 Å². The van der Waals surface area contributed by atoms with Gasteiger partial charge in [0.15, 0.2) is 0 Å². The van der Waals surface area contributed by atoms with Crippen molar-refractivity contribution < 1.29 is 9.90 Å². The fraction of sp³-hybridized carbons (Fsp3) is 0.231. The van der Waals surface area contributed by atoms with Crippen LogP contribution in [0.1, 0.15) is 22.2 Å². The summed E-state index contributed by atoms with van der Waals surface area (Å²) in [7, 11) is 0. The van der Waals surface area contributed by atoms with Gasteiger partial charge >= 0.3 is 5.97 Å². The van der Waals surface area contributed by atoms with E-state index in [0.717, 1.165) is 6.42 Å². The number of nitrogens with one attached hydrogen (secondary N) is 1. The van der Waals surface area contributed by atoms with E-state index >= 15 is 0 Å². The summed E-state index contributed by atoms with van der Waals surface area (Å²) in [4.78, 5) is 16.3. The number of anilines is 1. The van der Waals surface area contributed by atoms with Crippen LogP contribution in [0.15, 0.2) is 29.6 Å². The number of carbonyl (C=O) groups is 1. The van der Waals surface area contributed by atoms with E-state index in [1.54, 1.807) is 11.3 Å². The molecule has 0 spiro atoms. The lowest BCUT2D eigenvalue weighted by atomic mass is 10.2. The molecule has 100 valence electrons. The van der Waals surface area contributed by atoms with Gasteiger partial charge in [-0.2, -0.15) is 0 Å². The van der Waals surface area contributed by atoms with Gasteiger partial charge in [-0.15, -0.1) is 11.3 Å². The number of thiophene rings is 1. The SMILES string of the molecule is CC(Cc1cccs1)Nc1cc(C(=O)O)cc(Cl)n1. The maximum atomic E-state index is 10.9. The Kier molecular flexibility index (Phi) is 4.39. The molecule has 0 saturated heterocycles. The second-order valence-corrected chi connectivity index (χ2v) is 5.62. The van der Waals surface area contributed by atoms with Crippen LogP contribution in [0.2, 0.25) is 5.15 Å². The number of aromatic nitrogens is 1. The zero-order valence-corrected chi connectivity index (χ0v) is 11.8. The van der Waals surface area contributed by atoms with Crippen LogP contribution in [-0.4, -0.2) is 22.1 Å². The van der Waals surface area contributed by atoms with Crippen LogP contribution in [-0.2, 0) is 6.42 Å². The van der Waals surface area contributed by atoms with Crippen molar-refractivity contribution in [3.8, 4) is 0 Å². The lowest BCUT2D eigenvalue weighted by Gasteiger charge is -2.14. The van der Waals surface area contributed by atoms with Crippen LogP contribution in [0, 0.1) is 0 Å². The molecule has 0 aliphatic rings. The molecule has 2 rings (SSSR count). The van der Waals surface area contributed by atoms with E-state index in [-0.39, 0.29) is 16.8 Å². The minimum absolute atomic E-state index is 0.130. The number of pyridine rings is 1. The highest BCUT2D eigenvalue weighted by molar-refractivity contribution is 7.09. The Hall–Kier alpha value is -1.59. The van der Waals surface area contributed by atoms with Gasteiger partial charge in [0, 0.05) is 17.3 Å². The summed E-state index contributed by atoms with van der Waals surface area (Å²) in [6.45, 7) is 2.02. The van der Waals surface area contributed by atoms with Crippen molar-refractivity contribution in [2.24, 2.45) is 0 Å². The van der Waals surface area contributed by atoms with Gasteiger partial charge in [0.1, 0.15) is 11.0 Å². The quantitative estimate of drug-likeness (QED) is 0.829. The second kappa shape index (κ2) is 6.04. The normalized spacial score (nSPS) is 12.1. The maximum absolute atomic E-state index is 10.9. The third kappa shape index (κ3) is 3.94. The van der Waals surface area contributed by atoms with Crippen LogP contribution >= 0.6 is 22.9 Å². The average Bonchev–Trinajstić information content (AvgIpc) is 2.80. The molecule has 2 aromatic rings. The molecule has 0 fully saturated rings. The van der Waals surface area contributed by atoms with Gasteiger partial charge in [0.05, 0.1) is 5.56 Å². The van der Waals surface area contributed by atoms with Gasteiger partial charge in [-0.25, -0.2) is 9.78 Å². The number of hydrogen-bond donors (Lipinski definition) is 2. The van der Waals surface area contributed by atoms with Gasteiger partial charge in [0.25, 0.3) is 0 Å². The van der Waals surface area contributed by atoms with E-state index in [4.69, 9.17) is 16.7 Å². The molecule has 19 heavy (non-hydrogen) atoms. The van der Waals surface area contributed by atoms with Crippen molar-refractivity contribution in [2.75, 3.05) is 5.32 Å². The third-order valence-electron chi connectivity index (χ3n) is 2.52. The standard InChI is InChI=1S/C13H13ClN2O2S/c1-8(5-10-3-2-4-19-10)15-12-7-9(13(17)18)6-11(14)16-12/h2-4,6-8H,5H2,1H3,(H,15,16)(H,17,18). The van der Waals surface area contributed by atoms with E-state index in [2.05, 4.69) is 16.4 Å². The highest BCUT2D eigenvalue weighted by atomic mass is 35.5. The summed E-state index contributed by atoms with van der Waals surface area (Å²) in [6.07, 6.45) is 0.855. The van der Waals surface area contributed by atoms with Crippen molar-refractivity contribution in [3.63, 3.8) is 0 Å². The first-order chi connectivity index (χ1) is 9.04. The highest BCUT2D eigenvalue weighted by Crippen LogP contribution is 2.17. The van der Waals surface area contributed by atoms with Crippen LogP contribution < -0.4 is 5.32 Å². The molecule has 0 saturated carbocycles. The summed E-state index contributed by atoms with van der Waals surface area (Å²) < 4.78 is 0. The molecule has 0 bridgehead atoms. The molecule has 2 aromatic heterocycles. The van der Waals surface area contributed by atoms with E-state index in [1.165, 1.54) is 17.0 Å². The summed E-state index contributed by atoms with van der Waals surface area (Å²) in [5.74, 6) is -0.535. The van der Waals surface area contributed by atoms with Crippen molar-refractivity contribution in [2.45, 2.75) is 19.4 Å². The van der Waals surface area contributed by atoms with Crippen LogP contribution in [0.5, 0.6) is 0 Å². The number of carboxylic acids is 1. The molecule has 0 radical (unpaired) electrons. The largest absolute Gasteiger partial charge is 0.478 e. The first kappa shape index (κ1) is 13.8. The smallest absolute Gasteiger partial charge is 0.335 e. The minimum atomic E-state index is -1.02. The number of aromatic carboxylic acids is 1. The lowest BCUT2D eigenvalue weighted by Crippen LogP contribution is -2.18. The van der Waals surface area contributed by atoms with Gasteiger partial charge in [-0.1, -0.05) is 17.7 Å². The van der Waals surface area contributed by atoms with E-state index < -0.39 is 5.97 Å². The van der Waals surface area contributed by atoms with Gasteiger partial charge in [0.2, 0.25) is 0 Å². The van der Waals surface area contributed by atoms with Crippen LogP contribution in [0.25, 0.3) is 0 Å². The predicted octanol–water partition coefficient (Wildman–Crippen LogP) is 3.54. The molecule has 2 heterocycles. The Labute approximate surface area is 120 Å². The molecule has 0 aliphatic carbocycles. The van der Waals surface area contributed by atoms with Crippen molar-refractivity contribution in [1.29, 1.82) is 0 Å². The third-order valence-corrected chi connectivity index (χ3v) is 3.62. The Balaban J connectivity index is 2.08. The van der Waals surface area contributed by atoms with Gasteiger partial charge < -0.3 is 10.4 Å². The minimum Gasteiger partial charge on any atom is -0.478 e. The molecule has 0 aromatic carbocycles. The van der Waals surface area contributed by atoms with Gasteiger partial charge in [-0.3, -0.25) is 0 Å². The van der Waals surface area contributed by atoms with E-state index in [9.17, 15) is 4.79 Å². The van der Waals surface area contributed by atoms with Crippen LogP contribution in [0.3, 0.4) is 0 Å². The Morgan fingerprint density at radius 1 is 1.58 bits per heavy atom. The zero-order chi connectivity index (χ0) is 13.8. The molecule has 1 unspecified atom stereocenters. The summed E-state index contributed by atoms with van der Waals surface area (Å²) in [6, 6.07) is 7.04. The molecule has 0 aliphatic heterocycles. The fourth-order valence-electron chi connectivity index (χ4n) is 1.73. The zero-order valence-electron chi connectivity index (χ0n) is 10.3. The monoisotopic (exact) mass is 296 g/mol.